The maximum absolute atomic E-state index is 12.1. The summed E-state index contributed by atoms with van der Waals surface area (Å²) < 4.78 is 5.19. The van der Waals surface area contributed by atoms with E-state index in [9.17, 15) is 14.4 Å². The van der Waals surface area contributed by atoms with Crippen LogP contribution in [0.1, 0.15) is 44.1 Å². The number of aromatic nitrogens is 1. The number of rotatable bonds is 6. The maximum atomic E-state index is 12.1. The average Bonchev–Trinajstić information content (AvgIpc) is 3.02. The highest BCUT2D eigenvalue weighted by atomic mass is 16.5. The van der Waals surface area contributed by atoms with Gasteiger partial charge >= 0.3 is 6.03 Å². The first kappa shape index (κ1) is 16.0. The second kappa shape index (κ2) is 6.59. The molecule has 8 heteroatoms. The Kier molecular flexibility index (Phi) is 4.79. The van der Waals surface area contributed by atoms with E-state index in [4.69, 9.17) is 4.52 Å². The Balaban J connectivity index is 1.81. The molecule has 2 rings (SSSR count). The maximum Gasteiger partial charge on any atom is 0.322 e. The zero-order valence-corrected chi connectivity index (χ0v) is 12.9. The van der Waals surface area contributed by atoms with Gasteiger partial charge in [-0.25, -0.2) is 4.79 Å². The highest BCUT2D eigenvalue weighted by molar-refractivity contribution is 6.04. The molecule has 0 unspecified atom stereocenters. The normalized spacial score (nSPS) is 17.5. The summed E-state index contributed by atoms with van der Waals surface area (Å²) in [5, 5.41) is 8.53. The smallest absolute Gasteiger partial charge is 0.322 e. The lowest BCUT2D eigenvalue weighted by molar-refractivity contribution is -0.130. The van der Waals surface area contributed by atoms with Crippen LogP contribution in [0.3, 0.4) is 0 Å². The van der Waals surface area contributed by atoms with Gasteiger partial charge in [0, 0.05) is 25.5 Å². The van der Waals surface area contributed by atoms with Gasteiger partial charge in [-0.05, 0) is 6.42 Å². The number of imide groups is 1. The molecule has 8 nitrogen and oxygen atoms in total. The van der Waals surface area contributed by atoms with Crippen LogP contribution in [0.5, 0.6) is 0 Å². The van der Waals surface area contributed by atoms with Crippen LogP contribution in [0.25, 0.3) is 0 Å². The van der Waals surface area contributed by atoms with Gasteiger partial charge in [-0.15, -0.1) is 0 Å². The third kappa shape index (κ3) is 3.84. The molecule has 1 fully saturated rings. The van der Waals surface area contributed by atoms with E-state index in [1.54, 1.807) is 7.05 Å². The molecule has 0 saturated carbocycles. The van der Waals surface area contributed by atoms with Crippen molar-refractivity contribution in [1.82, 2.24) is 20.7 Å². The SMILES string of the molecule is CC(C)c1cc(CN(C)C(=O)CC[C@@H]2NC(=O)NC2=O)no1. The van der Waals surface area contributed by atoms with Crippen molar-refractivity contribution in [1.29, 1.82) is 0 Å². The molecule has 1 saturated heterocycles. The number of carbonyl (C=O) groups excluding carboxylic acids is 3. The van der Waals surface area contributed by atoms with Crippen molar-refractivity contribution in [3.8, 4) is 0 Å². The minimum Gasteiger partial charge on any atom is -0.361 e. The molecule has 22 heavy (non-hydrogen) atoms. The number of nitrogens with one attached hydrogen (secondary N) is 2. The Bertz CT molecular complexity index is 581. The van der Waals surface area contributed by atoms with Crippen molar-refractivity contribution < 1.29 is 18.9 Å². The molecule has 120 valence electrons. The number of hydrogen-bond acceptors (Lipinski definition) is 5. The van der Waals surface area contributed by atoms with Crippen molar-refractivity contribution in [2.45, 2.75) is 45.2 Å². The standard InChI is InChI=1S/C14H20N4O4/c1-8(2)11-6-9(17-22-11)7-18(3)12(19)5-4-10-13(20)16-14(21)15-10/h6,8,10H,4-5,7H2,1-3H3,(H2,15,16,20,21)/t10-/m0/s1. The quantitative estimate of drug-likeness (QED) is 0.754. The molecule has 0 bridgehead atoms. The molecule has 1 aliphatic heterocycles. The van der Waals surface area contributed by atoms with Crippen LogP contribution >= 0.6 is 0 Å². The van der Waals surface area contributed by atoms with Crippen LogP contribution in [-0.2, 0) is 16.1 Å². The van der Waals surface area contributed by atoms with E-state index in [0.717, 1.165) is 5.76 Å². The van der Waals surface area contributed by atoms with Crippen molar-refractivity contribution >= 4 is 17.8 Å². The van der Waals surface area contributed by atoms with Gasteiger partial charge in [0.2, 0.25) is 5.91 Å². The van der Waals surface area contributed by atoms with Crippen LogP contribution in [0, 0.1) is 0 Å². The van der Waals surface area contributed by atoms with Crippen LogP contribution in [-0.4, -0.2) is 41.0 Å². The Morgan fingerprint density at radius 1 is 1.45 bits per heavy atom. The van der Waals surface area contributed by atoms with Crippen molar-refractivity contribution in [2.75, 3.05) is 7.05 Å². The monoisotopic (exact) mass is 308 g/mol. The van der Waals surface area contributed by atoms with E-state index < -0.39 is 18.0 Å². The highest BCUT2D eigenvalue weighted by Crippen LogP contribution is 2.16. The number of urea groups is 1. The van der Waals surface area contributed by atoms with Crippen LogP contribution in [0.15, 0.2) is 10.6 Å². The summed E-state index contributed by atoms with van der Waals surface area (Å²) in [6.07, 6.45) is 0.445. The van der Waals surface area contributed by atoms with Gasteiger partial charge in [0.05, 0.1) is 6.54 Å². The third-order valence-electron chi connectivity index (χ3n) is 3.48. The third-order valence-corrected chi connectivity index (χ3v) is 3.48. The van der Waals surface area contributed by atoms with E-state index in [-0.39, 0.29) is 24.7 Å². The molecule has 4 amide bonds. The molecule has 2 N–H and O–H groups in total. The predicted octanol–water partition coefficient (Wildman–Crippen LogP) is 0.745. The molecular formula is C14H20N4O4. The predicted molar refractivity (Wildman–Crippen MR) is 76.8 cm³/mol. The van der Waals surface area contributed by atoms with Gasteiger partial charge in [-0.3, -0.25) is 14.9 Å². The molecular weight excluding hydrogens is 288 g/mol. The number of amides is 4. The Morgan fingerprint density at radius 3 is 2.73 bits per heavy atom. The van der Waals surface area contributed by atoms with Crippen LogP contribution in [0.4, 0.5) is 4.79 Å². The molecule has 0 aromatic carbocycles. The molecule has 1 aromatic heterocycles. The van der Waals surface area contributed by atoms with E-state index in [1.807, 2.05) is 19.9 Å². The first-order chi connectivity index (χ1) is 10.4. The second-order valence-corrected chi connectivity index (χ2v) is 5.68. The summed E-state index contributed by atoms with van der Waals surface area (Å²) in [6, 6.07) is 0.683. The van der Waals surface area contributed by atoms with Gasteiger partial charge in [0.25, 0.3) is 5.91 Å². The highest BCUT2D eigenvalue weighted by Gasteiger charge is 2.29. The number of carbonyl (C=O) groups is 3. The van der Waals surface area contributed by atoms with Crippen LogP contribution < -0.4 is 10.6 Å². The molecule has 2 heterocycles. The van der Waals surface area contributed by atoms with Crippen molar-refractivity contribution in [2.24, 2.45) is 0 Å². The van der Waals surface area contributed by atoms with Gasteiger partial charge in [-0.2, -0.15) is 0 Å². The number of nitrogens with zero attached hydrogens (tertiary/aromatic N) is 2. The van der Waals surface area contributed by atoms with Gasteiger partial charge < -0.3 is 14.7 Å². The molecule has 0 radical (unpaired) electrons. The molecule has 0 aliphatic carbocycles. The van der Waals surface area contributed by atoms with Crippen molar-refractivity contribution in [3.05, 3.63) is 17.5 Å². The first-order valence-electron chi connectivity index (χ1n) is 7.17. The largest absolute Gasteiger partial charge is 0.361 e. The van der Waals surface area contributed by atoms with E-state index in [0.29, 0.717) is 12.2 Å². The summed E-state index contributed by atoms with van der Waals surface area (Å²) in [6.45, 7) is 4.35. The molecule has 1 aromatic rings. The lowest BCUT2D eigenvalue weighted by atomic mass is 10.1. The van der Waals surface area contributed by atoms with E-state index in [2.05, 4.69) is 15.8 Å². The van der Waals surface area contributed by atoms with E-state index in [1.165, 1.54) is 4.90 Å². The second-order valence-electron chi connectivity index (χ2n) is 5.68. The summed E-state index contributed by atoms with van der Waals surface area (Å²) in [4.78, 5) is 35.9. The van der Waals surface area contributed by atoms with Crippen molar-refractivity contribution in [3.63, 3.8) is 0 Å². The Labute approximate surface area is 128 Å². The lowest BCUT2D eigenvalue weighted by Crippen LogP contribution is -2.32. The Morgan fingerprint density at radius 2 is 2.18 bits per heavy atom. The summed E-state index contributed by atoms with van der Waals surface area (Å²) >= 11 is 0. The summed E-state index contributed by atoms with van der Waals surface area (Å²) in [7, 11) is 1.67. The Hall–Kier alpha value is -2.38. The van der Waals surface area contributed by atoms with E-state index >= 15 is 0 Å². The zero-order valence-electron chi connectivity index (χ0n) is 12.9. The minimum absolute atomic E-state index is 0.122. The van der Waals surface area contributed by atoms with Gasteiger partial charge in [0.1, 0.15) is 17.5 Å². The summed E-state index contributed by atoms with van der Waals surface area (Å²) in [5.41, 5.74) is 0.687. The fourth-order valence-electron chi connectivity index (χ4n) is 2.13. The minimum atomic E-state index is -0.635. The van der Waals surface area contributed by atoms with Crippen LogP contribution in [0.2, 0.25) is 0 Å². The average molecular weight is 308 g/mol. The zero-order chi connectivity index (χ0) is 16.3. The summed E-state index contributed by atoms with van der Waals surface area (Å²) in [5.74, 6) is 0.509. The van der Waals surface area contributed by atoms with Gasteiger partial charge in [-0.1, -0.05) is 19.0 Å². The topological polar surface area (TPSA) is 105 Å². The fourth-order valence-corrected chi connectivity index (χ4v) is 2.13. The molecule has 0 spiro atoms. The molecule has 1 atom stereocenters. The van der Waals surface area contributed by atoms with Gasteiger partial charge in [0.15, 0.2) is 0 Å². The fraction of sp³-hybridized carbons (Fsp3) is 0.571. The number of hydrogen-bond donors (Lipinski definition) is 2. The first-order valence-corrected chi connectivity index (χ1v) is 7.17. The lowest BCUT2D eigenvalue weighted by Gasteiger charge is -2.16. The molecule has 1 aliphatic rings.